The molecule has 2 rings (SSSR count). The van der Waals surface area contributed by atoms with Crippen molar-refractivity contribution < 1.29 is 18.3 Å². The maximum absolute atomic E-state index is 12.4. The predicted octanol–water partition coefficient (Wildman–Crippen LogP) is 2.85. The molecule has 0 bridgehead atoms. The van der Waals surface area contributed by atoms with Crippen molar-refractivity contribution in [1.82, 2.24) is 4.31 Å². The van der Waals surface area contributed by atoms with E-state index in [9.17, 15) is 13.2 Å². The zero-order valence-electron chi connectivity index (χ0n) is 10.0. The van der Waals surface area contributed by atoms with Gasteiger partial charge in [-0.1, -0.05) is 39.1 Å². The quantitative estimate of drug-likeness (QED) is 0.840. The highest BCUT2D eigenvalue weighted by molar-refractivity contribution is 9.10. The number of rotatable bonds is 4. The van der Waals surface area contributed by atoms with Crippen LogP contribution in [0.5, 0.6) is 0 Å². The maximum Gasteiger partial charge on any atom is 0.303 e. The molecule has 1 heterocycles. The Labute approximate surface area is 134 Å². The zero-order valence-corrected chi connectivity index (χ0v) is 13.9. The van der Waals surface area contributed by atoms with Crippen LogP contribution in [0.15, 0.2) is 21.5 Å². The second kappa shape index (κ2) is 5.81. The number of halogens is 3. The molecule has 0 aromatic heterocycles. The normalized spacial score (nSPS) is 16.9. The van der Waals surface area contributed by atoms with E-state index in [1.165, 1.54) is 16.4 Å². The standard InChI is InChI=1S/C11H10BrCl2NO4S/c12-7-2-8(13)11(9(14)3-7)20(18,19)15-4-6(5-15)1-10(16)17/h2-3,6H,1,4-5H2,(H,16,17). The van der Waals surface area contributed by atoms with Gasteiger partial charge in [0.25, 0.3) is 0 Å². The van der Waals surface area contributed by atoms with Crippen molar-refractivity contribution in [3.63, 3.8) is 0 Å². The Morgan fingerprint density at radius 2 is 1.85 bits per heavy atom. The fourth-order valence-electron chi connectivity index (χ4n) is 2.00. The van der Waals surface area contributed by atoms with Crippen LogP contribution in [-0.4, -0.2) is 36.9 Å². The molecule has 0 radical (unpaired) electrons. The molecule has 1 fully saturated rings. The van der Waals surface area contributed by atoms with Crippen LogP contribution in [0.2, 0.25) is 10.0 Å². The van der Waals surface area contributed by atoms with E-state index in [0.29, 0.717) is 4.47 Å². The maximum atomic E-state index is 12.4. The molecule has 110 valence electrons. The van der Waals surface area contributed by atoms with Gasteiger partial charge in [0.15, 0.2) is 0 Å². The molecule has 0 atom stereocenters. The summed E-state index contributed by atoms with van der Waals surface area (Å²) in [5.74, 6) is -1.11. The summed E-state index contributed by atoms with van der Waals surface area (Å²) in [6, 6.07) is 2.91. The third kappa shape index (κ3) is 3.12. The lowest BCUT2D eigenvalue weighted by atomic mass is 10.00. The van der Waals surface area contributed by atoms with Crippen molar-refractivity contribution >= 4 is 55.1 Å². The molecule has 1 saturated heterocycles. The average molecular weight is 403 g/mol. The first-order chi connectivity index (χ1) is 9.21. The van der Waals surface area contributed by atoms with Crippen LogP contribution in [0.3, 0.4) is 0 Å². The molecule has 20 heavy (non-hydrogen) atoms. The number of carboxylic acid groups (broad SMARTS) is 1. The summed E-state index contributed by atoms with van der Waals surface area (Å²) in [6.45, 7) is 0.328. The Balaban J connectivity index is 2.23. The summed E-state index contributed by atoms with van der Waals surface area (Å²) >= 11 is 15.1. The molecule has 0 aliphatic carbocycles. The number of nitrogens with zero attached hydrogens (tertiary/aromatic N) is 1. The van der Waals surface area contributed by atoms with Crippen molar-refractivity contribution in [2.45, 2.75) is 11.3 Å². The van der Waals surface area contributed by atoms with Gasteiger partial charge in [-0.3, -0.25) is 4.79 Å². The molecule has 1 N–H and O–H groups in total. The van der Waals surface area contributed by atoms with Crippen LogP contribution in [-0.2, 0) is 14.8 Å². The highest BCUT2D eigenvalue weighted by atomic mass is 79.9. The molecular weight excluding hydrogens is 393 g/mol. The summed E-state index contributed by atoms with van der Waals surface area (Å²) in [5.41, 5.74) is 0. The molecule has 1 aromatic carbocycles. The van der Waals surface area contributed by atoms with Crippen LogP contribution in [0, 0.1) is 5.92 Å². The number of carbonyl (C=O) groups is 1. The number of hydrogen-bond acceptors (Lipinski definition) is 3. The molecule has 5 nitrogen and oxygen atoms in total. The molecule has 0 spiro atoms. The molecule has 0 amide bonds. The van der Waals surface area contributed by atoms with Crippen molar-refractivity contribution in [2.75, 3.05) is 13.1 Å². The smallest absolute Gasteiger partial charge is 0.303 e. The largest absolute Gasteiger partial charge is 0.481 e. The number of benzene rings is 1. The lowest BCUT2D eigenvalue weighted by Crippen LogP contribution is -2.50. The lowest BCUT2D eigenvalue weighted by molar-refractivity contribution is -0.139. The van der Waals surface area contributed by atoms with Crippen LogP contribution in [0.25, 0.3) is 0 Å². The molecule has 1 aliphatic heterocycles. The highest BCUT2D eigenvalue weighted by Crippen LogP contribution is 2.37. The Hall–Kier alpha value is -0.340. The summed E-state index contributed by atoms with van der Waals surface area (Å²) < 4.78 is 26.6. The minimum Gasteiger partial charge on any atom is -0.481 e. The van der Waals surface area contributed by atoms with Gasteiger partial charge in [-0.25, -0.2) is 8.42 Å². The Bertz CT molecular complexity index is 635. The molecule has 1 aliphatic rings. The van der Waals surface area contributed by atoms with Gasteiger partial charge < -0.3 is 5.11 Å². The summed E-state index contributed by atoms with van der Waals surface area (Å²) in [7, 11) is -3.79. The van der Waals surface area contributed by atoms with E-state index in [1.807, 2.05) is 0 Å². The Morgan fingerprint density at radius 1 is 1.35 bits per heavy atom. The van der Waals surface area contributed by atoms with E-state index in [4.69, 9.17) is 28.3 Å². The number of hydrogen-bond donors (Lipinski definition) is 1. The Morgan fingerprint density at radius 3 is 2.30 bits per heavy atom. The van der Waals surface area contributed by atoms with Crippen LogP contribution >= 0.6 is 39.1 Å². The minimum absolute atomic E-state index is 0.0334. The second-order valence-electron chi connectivity index (χ2n) is 4.48. The van der Waals surface area contributed by atoms with Gasteiger partial charge >= 0.3 is 5.97 Å². The van der Waals surface area contributed by atoms with Gasteiger partial charge in [0, 0.05) is 17.6 Å². The molecule has 0 saturated carbocycles. The van der Waals surface area contributed by atoms with E-state index in [0.717, 1.165) is 0 Å². The zero-order chi connectivity index (χ0) is 15.1. The summed E-state index contributed by atoms with van der Waals surface area (Å²) in [6.07, 6.45) is -0.0478. The SMILES string of the molecule is O=C(O)CC1CN(S(=O)(=O)c2c(Cl)cc(Br)cc2Cl)C1. The average Bonchev–Trinajstić information content (AvgIpc) is 2.19. The molecule has 1 aromatic rings. The Kier molecular flexibility index (Phi) is 4.66. The predicted molar refractivity (Wildman–Crippen MR) is 78.7 cm³/mol. The van der Waals surface area contributed by atoms with E-state index < -0.39 is 16.0 Å². The van der Waals surface area contributed by atoms with Crippen LogP contribution in [0.1, 0.15) is 6.42 Å². The number of sulfonamides is 1. The second-order valence-corrected chi connectivity index (χ2v) is 8.09. The minimum atomic E-state index is -3.79. The first-order valence-electron chi connectivity index (χ1n) is 5.58. The van der Waals surface area contributed by atoms with Crippen molar-refractivity contribution in [2.24, 2.45) is 5.92 Å². The highest BCUT2D eigenvalue weighted by Gasteiger charge is 2.39. The van der Waals surface area contributed by atoms with E-state index in [-0.39, 0.29) is 40.4 Å². The molecular formula is C11H10BrCl2NO4S. The molecule has 9 heteroatoms. The van der Waals surface area contributed by atoms with Gasteiger partial charge in [-0.05, 0) is 18.1 Å². The summed E-state index contributed by atoms with van der Waals surface area (Å²) in [4.78, 5) is 10.4. The molecule has 0 unspecified atom stereocenters. The monoisotopic (exact) mass is 401 g/mol. The number of aliphatic carboxylic acids is 1. The number of carboxylic acids is 1. The first kappa shape index (κ1) is 16.0. The fourth-order valence-corrected chi connectivity index (χ4v) is 5.48. The van der Waals surface area contributed by atoms with E-state index >= 15 is 0 Å². The van der Waals surface area contributed by atoms with E-state index in [2.05, 4.69) is 15.9 Å². The topological polar surface area (TPSA) is 74.7 Å². The van der Waals surface area contributed by atoms with Gasteiger partial charge in [0.1, 0.15) is 4.90 Å². The van der Waals surface area contributed by atoms with Crippen molar-refractivity contribution in [3.05, 3.63) is 26.7 Å². The van der Waals surface area contributed by atoms with Crippen LogP contribution in [0.4, 0.5) is 0 Å². The van der Waals surface area contributed by atoms with Gasteiger partial charge in [-0.2, -0.15) is 4.31 Å². The van der Waals surface area contributed by atoms with Crippen molar-refractivity contribution in [3.8, 4) is 0 Å². The van der Waals surface area contributed by atoms with Crippen molar-refractivity contribution in [1.29, 1.82) is 0 Å². The third-order valence-electron chi connectivity index (χ3n) is 2.95. The lowest BCUT2D eigenvalue weighted by Gasteiger charge is -2.37. The fraction of sp³-hybridized carbons (Fsp3) is 0.364. The third-order valence-corrected chi connectivity index (χ3v) is 6.16. The van der Waals surface area contributed by atoms with Crippen LogP contribution < -0.4 is 0 Å². The van der Waals surface area contributed by atoms with E-state index in [1.54, 1.807) is 0 Å². The van der Waals surface area contributed by atoms with Gasteiger partial charge in [0.2, 0.25) is 10.0 Å². The van der Waals surface area contributed by atoms with Gasteiger partial charge in [-0.15, -0.1) is 0 Å². The summed E-state index contributed by atoms with van der Waals surface area (Å²) in [5, 5.41) is 8.73. The first-order valence-corrected chi connectivity index (χ1v) is 8.57. The van der Waals surface area contributed by atoms with Gasteiger partial charge in [0.05, 0.1) is 16.5 Å².